The van der Waals surface area contributed by atoms with E-state index in [0.29, 0.717) is 6.54 Å². The van der Waals surface area contributed by atoms with Crippen molar-refractivity contribution in [3.05, 3.63) is 0 Å². The lowest BCUT2D eigenvalue weighted by Gasteiger charge is -2.36. The molecule has 2 aliphatic carbocycles. The van der Waals surface area contributed by atoms with Crippen LogP contribution in [0.25, 0.3) is 0 Å². The van der Waals surface area contributed by atoms with Gasteiger partial charge in [-0.05, 0) is 38.5 Å². The maximum absolute atomic E-state index is 12.9. The Morgan fingerprint density at radius 1 is 1.04 bits per heavy atom. The third-order valence-corrected chi connectivity index (χ3v) is 5.91. The van der Waals surface area contributed by atoms with Gasteiger partial charge in [-0.2, -0.15) is 0 Å². The maximum Gasteiger partial charge on any atom is 0.258 e. The van der Waals surface area contributed by atoms with Gasteiger partial charge in [0.25, 0.3) is 5.92 Å². The fourth-order valence-electron chi connectivity index (χ4n) is 3.19. The Balaban J connectivity index is 0.000000297. The van der Waals surface area contributed by atoms with E-state index in [1.54, 1.807) is 13.8 Å². The molecule has 0 aromatic rings. The lowest BCUT2D eigenvalue weighted by atomic mass is 9.98. The van der Waals surface area contributed by atoms with E-state index in [9.17, 15) is 19.0 Å². The first-order chi connectivity index (χ1) is 11.2. The summed E-state index contributed by atoms with van der Waals surface area (Å²) in [5.74, 6) is -8.12. The molecule has 150 valence electrons. The topological polar surface area (TPSA) is 84.2 Å². The predicted molar refractivity (Wildman–Crippen MR) is 91.7 cm³/mol. The Hall–Kier alpha value is -0.340. The molecule has 5 nitrogen and oxygen atoms in total. The zero-order valence-electron chi connectivity index (χ0n) is 16.3. The molecular weight excluding hydrogens is 332 g/mol. The number of halogens is 2. The molecule has 0 radical (unpaired) electrons. The first-order valence-corrected chi connectivity index (χ1v) is 9.28. The van der Waals surface area contributed by atoms with E-state index >= 15 is 0 Å². The van der Waals surface area contributed by atoms with Gasteiger partial charge in [-0.1, -0.05) is 27.7 Å². The molecule has 0 bridgehead atoms. The molecule has 2 saturated carbocycles. The minimum atomic E-state index is -2.90. The van der Waals surface area contributed by atoms with E-state index < -0.39 is 30.0 Å². The second-order valence-corrected chi connectivity index (χ2v) is 7.94. The number of likely N-dealkylation sites (tertiary alicyclic amines) is 1. The van der Waals surface area contributed by atoms with E-state index in [2.05, 4.69) is 0 Å². The van der Waals surface area contributed by atoms with Crippen LogP contribution in [-0.2, 0) is 0 Å². The largest absolute Gasteiger partial charge is 0.366 e. The van der Waals surface area contributed by atoms with Gasteiger partial charge < -0.3 is 20.4 Å². The van der Waals surface area contributed by atoms with Gasteiger partial charge in [0.2, 0.25) is 5.91 Å². The van der Waals surface area contributed by atoms with Crippen LogP contribution in [0.2, 0.25) is 0 Å². The fraction of sp³-hybridized carbons (Fsp3) is 1.00. The minimum Gasteiger partial charge on any atom is -0.366 e. The van der Waals surface area contributed by atoms with Crippen molar-refractivity contribution in [3.63, 3.8) is 0 Å². The van der Waals surface area contributed by atoms with Crippen LogP contribution >= 0.6 is 0 Å². The highest BCUT2D eigenvalue weighted by Crippen LogP contribution is 2.61. The van der Waals surface area contributed by atoms with Gasteiger partial charge in [0.1, 0.15) is 0 Å². The number of alkyl halides is 2. The number of rotatable bonds is 3. The molecular formula is C18H35F2NO4. The molecule has 1 aliphatic heterocycles. The van der Waals surface area contributed by atoms with E-state index in [0.717, 1.165) is 19.3 Å². The second-order valence-electron chi connectivity index (χ2n) is 7.94. The zero-order chi connectivity index (χ0) is 19.8. The summed E-state index contributed by atoms with van der Waals surface area (Å²) in [4.78, 5) is 1.46. The van der Waals surface area contributed by atoms with E-state index in [-0.39, 0.29) is 17.4 Å². The highest BCUT2D eigenvalue weighted by atomic mass is 19.3. The quantitative estimate of drug-likeness (QED) is 0.576. The Kier molecular flexibility index (Phi) is 6.67. The SMILES string of the molecule is CC.CC(C)C(C)(O)O.CC1N(C(O)(O)C2CC2(F)F)CCC12CC2. The molecule has 7 heteroatoms. The third-order valence-electron chi connectivity index (χ3n) is 5.91. The number of nitrogens with zero attached hydrogens (tertiary/aromatic N) is 1. The average molecular weight is 367 g/mol. The van der Waals surface area contributed by atoms with Gasteiger partial charge in [0.05, 0.1) is 5.92 Å². The predicted octanol–water partition coefficient (Wildman–Crippen LogP) is 2.52. The Morgan fingerprint density at radius 3 is 1.68 bits per heavy atom. The first-order valence-electron chi connectivity index (χ1n) is 9.28. The van der Waals surface area contributed by atoms with Gasteiger partial charge in [-0.3, -0.25) is 0 Å². The number of hydrogen-bond donors (Lipinski definition) is 4. The van der Waals surface area contributed by atoms with Crippen molar-refractivity contribution in [1.29, 1.82) is 0 Å². The first kappa shape index (κ1) is 22.7. The molecule has 1 spiro atoms. The summed E-state index contributed by atoms with van der Waals surface area (Å²) in [5.41, 5.74) is 0.181. The van der Waals surface area contributed by atoms with Crippen LogP contribution in [0.5, 0.6) is 0 Å². The molecule has 25 heavy (non-hydrogen) atoms. The molecule has 0 amide bonds. The molecule has 2 unspecified atom stereocenters. The summed E-state index contributed by atoms with van der Waals surface area (Å²) in [6.07, 6.45) is 2.66. The summed E-state index contributed by atoms with van der Waals surface area (Å²) in [5, 5.41) is 37.1. The zero-order valence-corrected chi connectivity index (χ0v) is 16.3. The maximum atomic E-state index is 12.9. The van der Waals surface area contributed by atoms with Crippen molar-refractivity contribution < 1.29 is 29.2 Å². The normalized spacial score (nSPS) is 29.6. The molecule has 0 aromatic heterocycles. The molecule has 3 aliphatic rings. The summed E-state index contributed by atoms with van der Waals surface area (Å²) in [6, 6.07) is -0.00102. The summed E-state index contributed by atoms with van der Waals surface area (Å²) in [6.45, 7) is 11.3. The standard InChI is InChI=1S/C11H17F2NO2.C5H12O2.C2H6/c1-7-9(2-3-9)4-5-14(7)11(15,16)8-6-10(8,12)13;1-4(2)5(3,6)7;1-2/h7-8,15-16H,2-6H2,1H3;4,6-7H,1-3H3;1-2H3. The Morgan fingerprint density at radius 2 is 1.44 bits per heavy atom. The van der Waals surface area contributed by atoms with Crippen LogP contribution < -0.4 is 0 Å². The van der Waals surface area contributed by atoms with Gasteiger partial charge in [0, 0.05) is 24.9 Å². The highest BCUT2D eigenvalue weighted by molar-refractivity contribution is 5.11. The molecule has 3 rings (SSSR count). The monoisotopic (exact) mass is 367 g/mol. The van der Waals surface area contributed by atoms with Crippen molar-refractivity contribution >= 4 is 0 Å². The van der Waals surface area contributed by atoms with E-state index in [1.807, 2.05) is 20.8 Å². The van der Waals surface area contributed by atoms with Crippen LogP contribution in [-0.4, -0.2) is 55.5 Å². The molecule has 1 heterocycles. The van der Waals surface area contributed by atoms with E-state index in [4.69, 9.17) is 10.2 Å². The van der Waals surface area contributed by atoms with Crippen molar-refractivity contribution in [2.45, 2.75) is 90.9 Å². The van der Waals surface area contributed by atoms with E-state index in [1.165, 1.54) is 11.8 Å². The smallest absolute Gasteiger partial charge is 0.258 e. The van der Waals surface area contributed by atoms with Crippen molar-refractivity contribution in [3.8, 4) is 0 Å². The average Bonchev–Trinajstić information content (AvgIpc) is 3.35. The van der Waals surface area contributed by atoms with Gasteiger partial charge >= 0.3 is 0 Å². The number of aliphatic hydroxyl groups is 4. The Labute approximate surface area is 149 Å². The Bertz CT molecular complexity index is 445. The van der Waals surface area contributed by atoms with Crippen LogP contribution in [0.3, 0.4) is 0 Å². The molecule has 0 aromatic carbocycles. The van der Waals surface area contributed by atoms with Gasteiger partial charge in [0.15, 0.2) is 5.79 Å². The second kappa shape index (κ2) is 7.35. The van der Waals surface area contributed by atoms with Crippen LogP contribution in [0.1, 0.15) is 67.2 Å². The minimum absolute atomic E-state index is 0.00102. The summed E-state index contributed by atoms with van der Waals surface area (Å²) < 4.78 is 25.9. The lowest BCUT2D eigenvalue weighted by molar-refractivity contribution is -0.292. The van der Waals surface area contributed by atoms with Gasteiger partial charge in [-0.25, -0.2) is 13.7 Å². The number of hydrogen-bond acceptors (Lipinski definition) is 5. The van der Waals surface area contributed by atoms with Crippen molar-refractivity contribution in [2.24, 2.45) is 17.3 Å². The van der Waals surface area contributed by atoms with Crippen molar-refractivity contribution in [1.82, 2.24) is 4.90 Å². The van der Waals surface area contributed by atoms with Crippen molar-refractivity contribution in [2.75, 3.05) is 6.54 Å². The summed E-state index contributed by atoms with van der Waals surface area (Å²) >= 11 is 0. The highest BCUT2D eigenvalue weighted by Gasteiger charge is 2.70. The lowest BCUT2D eigenvalue weighted by Crippen LogP contribution is -2.54. The fourth-order valence-corrected chi connectivity index (χ4v) is 3.19. The molecule has 1 saturated heterocycles. The molecule has 2 atom stereocenters. The molecule has 3 fully saturated rings. The van der Waals surface area contributed by atoms with Gasteiger partial charge in [-0.15, -0.1) is 0 Å². The van der Waals surface area contributed by atoms with Crippen LogP contribution in [0, 0.1) is 17.3 Å². The molecule has 4 N–H and O–H groups in total. The third kappa shape index (κ3) is 4.89. The summed E-state index contributed by atoms with van der Waals surface area (Å²) in [7, 11) is 0. The van der Waals surface area contributed by atoms with Crippen LogP contribution in [0.15, 0.2) is 0 Å². The van der Waals surface area contributed by atoms with Crippen LogP contribution in [0.4, 0.5) is 8.78 Å².